The van der Waals surface area contributed by atoms with E-state index in [1.54, 1.807) is 0 Å². The van der Waals surface area contributed by atoms with Crippen LogP contribution in [0.3, 0.4) is 0 Å². The number of nitriles is 1. The van der Waals surface area contributed by atoms with Gasteiger partial charge in [0.25, 0.3) is 0 Å². The molecule has 0 amide bonds. The molecule has 0 aromatic heterocycles. The molecular weight excluding hydrogens is 224 g/mol. The second-order valence-corrected chi connectivity index (χ2v) is 5.19. The molecule has 2 aliphatic rings. The van der Waals surface area contributed by atoms with Gasteiger partial charge in [-0.05, 0) is 24.0 Å². The van der Waals surface area contributed by atoms with E-state index in [1.807, 2.05) is 0 Å². The Labute approximate surface area is 108 Å². The molecule has 94 valence electrons. The van der Waals surface area contributed by atoms with Crippen LogP contribution in [0.25, 0.3) is 0 Å². The van der Waals surface area contributed by atoms with Gasteiger partial charge in [-0.2, -0.15) is 5.26 Å². The number of hydrogen-bond donors (Lipinski definition) is 0. The molecule has 3 heteroatoms. The van der Waals surface area contributed by atoms with E-state index in [9.17, 15) is 5.26 Å². The van der Waals surface area contributed by atoms with Gasteiger partial charge in [-0.3, -0.25) is 4.90 Å². The van der Waals surface area contributed by atoms with Crippen molar-refractivity contribution in [2.24, 2.45) is 0 Å². The maximum absolute atomic E-state index is 9.69. The van der Waals surface area contributed by atoms with Crippen molar-refractivity contribution in [1.29, 1.82) is 5.26 Å². The van der Waals surface area contributed by atoms with Gasteiger partial charge in [-0.15, -0.1) is 0 Å². The summed E-state index contributed by atoms with van der Waals surface area (Å²) in [6.45, 7) is 3.28. The van der Waals surface area contributed by atoms with Crippen molar-refractivity contribution in [2.75, 3.05) is 26.3 Å². The van der Waals surface area contributed by atoms with E-state index in [2.05, 4.69) is 35.2 Å². The molecule has 1 aromatic carbocycles. The molecule has 0 N–H and O–H groups in total. The Bertz CT molecular complexity index is 474. The average Bonchev–Trinajstić information content (AvgIpc) is 2.47. The average molecular weight is 242 g/mol. The fourth-order valence-electron chi connectivity index (χ4n) is 3.15. The highest BCUT2D eigenvalue weighted by atomic mass is 16.5. The fourth-order valence-corrected chi connectivity index (χ4v) is 3.15. The van der Waals surface area contributed by atoms with Crippen LogP contribution in [0, 0.1) is 11.3 Å². The minimum absolute atomic E-state index is 0.307. The van der Waals surface area contributed by atoms with Crippen LogP contribution in [0.5, 0.6) is 0 Å². The number of hydrogen-bond acceptors (Lipinski definition) is 3. The first-order chi connectivity index (χ1) is 8.84. The second kappa shape index (κ2) is 4.72. The fraction of sp³-hybridized carbons (Fsp3) is 0.533. The van der Waals surface area contributed by atoms with E-state index in [4.69, 9.17) is 4.74 Å². The van der Waals surface area contributed by atoms with Gasteiger partial charge >= 0.3 is 0 Å². The van der Waals surface area contributed by atoms with Crippen LogP contribution in [0.2, 0.25) is 0 Å². The van der Waals surface area contributed by atoms with Crippen LogP contribution in [0.1, 0.15) is 17.5 Å². The largest absolute Gasteiger partial charge is 0.379 e. The van der Waals surface area contributed by atoms with Crippen LogP contribution in [-0.4, -0.2) is 36.7 Å². The number of rotatable bonds is 1. The van der Waals surface area contributed by atoms with Crippen LogP contribution in [0.4, 0.5) is 0 Å². The van der Waals surface area contributed by atoms with Crippen molar-refractivity contribution in [3.05, 3.63) is 35.4 Å². The predicted octanol–water partition coefficient (Wildman–Crippen LogP) is 1.77. The molecule has 1 fully saturated rings. The van der Waals surface area contributed by atoms with E-state index in [-0.39, 0.29) is 5.54 Å². The molecule has 1 aliphatic carbocycles. The number of fused-ring (bicyclic) bond motifs is 1. The topological polar surface area (TPSA) is 36.3 Å². The highest BCUT2D eigenvalue weighted by Gasteiger charge is 2.40. The Morgan fingerprint density at radius 1 is 1.17 bits per heavy atom. The number of benzene rings is 1. The molecule has 3 rings (SSSR count). The minimum Gasteiger partial charge on any atom is -0.379 e. The molecule has 1 saturated heterocycles. The summed E-state index contributed by atoms with van der Waals surface area (Å²) in [5.74, 6) is 0. The van der Waals surface area contributed by atoms with Crippen molar-refractivity contribution < 1.29 is 4.74 Å². The van der Waals surface area contributed by atoms with Crippen molar-refractivity contribution in [3.63, 3.8) is 0 Å². The van der Waals surface area contributed by atoms with Gasteiger partial charge in [-0.1, -0.05) is 24.3 Å². The smallest absolute Gasteiger partial charge is 0.113 e. The van der Waals surface area contributed by atoms with Crippen molar-refractivity contribution in [2.45, 2.75) is 24.8 Å². The number of aryl methyl sites for hydroxylation is 1. The first kappa shape index (κ1) is 11.7. The molecule has 0 saturated carbocycles. The molecule has 0 radical (unpaired) electrons. The molecule has 1 unspecified atom stereocenters. The van der Waals surface area contributed by atoms with Crippen LogP contribution in [0.15, 0.2) is 24.3 Å². The summed E-state index contributed by atoms with van der Waals surface area (Å²) in [4.78, 5) is 2.33. The lowest BCUT2D eigenvalue weighted by Gasteiger charge is -2.43. The Morgan fingerprint density at radius 2 is 1.89 bits per heavy atom. The number of nitrogens with zero attached hydrogens (tertiary/aromatic N) is 2. The number of ether oxygens (including phenoxy) is 1. The molecule has 18 heavy (non-hydrogen) atoms. The maximum Gasteiger partial charge on any atom is 0.113 e. The third-order valence-electron chi connectivity index (χ3n) is 4.23. The second-order valence-electron chi connectivity index (χ2n) is 5.19. The molecular formula is C15H18N2O. The SMILES string of the molecule is N#CC1(N2CCOCC2)CCc2ccccc2C1. The molecule has 1 aliphatic heterocycles. The Hall–Kier alpha value is -1.37. The van der Waals surface area contributed by atoms with E-state index < -0.39 is 0 Å². The zero-order valence-corrected chi connectivity index (χ0v) is 10.6. The minimum atomic E-state index is -0.307. The Kier molecular flexibility index (Phi) is 3.07. The molecule has 0 bridgehead atoms. The molecule has 1 heterocycles. The monoisotopic (exact) mass is 242 g/mol. The highest BCUT2D eigenvalue weighted by Crippen LogP contribution is 2.33. The Balaban J connectivity index is 1.88. The zero-order chi connectivity index (χ0) is 12.4. The van der Waals surface area contributed by atoms with E-state index in [0.717, 1.165) is 45.6 Å². The van der Waals surface area contributed by atoms with E-state index in [0.29, 0.717) is 0 Å². The zero-order valence-electron chi connectivity index (χ0n) is 10.6. The van der Waals surface area contributed by atoms with Gasteiger partial charge in [0, 0.05) is 19.5 Å². The van der Waals surface area contributed by atoms with E-state index >= 15 is 0 Å². The van der Waals surface area contributed by atoms with Crippen molar-refractivity contribution >= 4 is 0 Å². The number of morpholine rings is 1. The van der Waals surface area contributed by atoms with Crippen LogP contribution in [-0.2, 0) is 17.6 Å². The summed E-state index contributed by atoms with van der Waals surface area (Å²) in [7, 11) is 0. The van der Waals surface area contributed by atoms with Crippen molar-refractivity contribution in [1.82, 2.24) is 4.90 Å². The lowest BCUT2D eigenvalue weighted by Crippen LogP contribution is -2.55. The van der Waals surface area contributed by atoms with Gasteiger partial charge in [0.15, 0.2) is 0 Å². The first-order valence-electron chi connectivity index (χ1n) is 6.65. The molecule has 1 atom stereocenters. The predicted molar refractivity (Wildman–Crippen MR) is 69.2 cm³/mol. The first-order valence-corrected chi connectivity index (χ1v) is 6.65. The molecule has 1 aromatic rings. The van der Waals surface area contributed by atoms with Gasteiger partial charge in [0.05, 0.1) is 19.3 Å². The Morgan fingerprint density at radius 3 is 2.61 bits per heavy atom. The molecule has 3 nitrogen and oxygen atoms in total. The summed E-state index contributed by atoms with van der Waals surface area (Å²) >= 11 is 0. The molecule has 0 spiro atoms. The van der Waals surface area contributed by atoms with Crippen LogP contribution >= 0.6 is 0 Å². The summed E-state index contributed by atoms with van der Waals surface area (Å²) < 4.78 is 5.40. The van der Waals surface area contributed by atoms with Gasteiger partial charge < -0.3 is 4.74 Å². The lowest BCUT2D eigenvalue weighted by atomic mass is 9.77. The summed E-state index contributed by atoms with van der Waals surface area (Å²) in [5, 5.41) is 9.69. The van der Waals surface area contributed by atoms with Gasteiger partial charge in [0.1, 0.15) is 5.54 Å². The van der Waals surface area contributed by atoms with Gasteiger partial charge in [-0.25, -0.2) is 0 Å². The highest BCUT2D eigenvalue weighted by molar-refractivity contribution is 5.35. The standard InChI is InChI=1S/C15H18N2O/c16-12-15(17-7-9-18-10-8-17)6-5-13-3-1-2-4-14(13)11-15/h1-4H,5-11H2. The third kappa shape index (κ3) is 1.92. The van der Waals surface area contributed by atoms with Crippen LogP contribution < -0.4 is 0 Å². The summed E-state index contributed by atoms with van der Waals surface area (Å²) in [5.41, 5.74) is 2.45. The van der Waals surface area contributed by atoms with Crippen molar-refractivity contribution in [3.8, 4) is 6.07 Å². The lowest BCUT2D eigenvalue weighted by molar-refractivity contribution is -0.00767. The van der Waals surface area contributed by atoms with E-state index in [1.165, 1.54) is 11.1 Å². The summed E-state index contributed by atoms with van der Waals surface area (Å²) in [6.07, 6.45) is 2.82. The maximum atomic E-state index is 9.69. The quantitative estimate of drug-likeness (QED) is 0.753. The normalized spacial score (nSPS) is 28.4. The summed E-state index contributed by atoms with van der Waals surface area (Å²) in [6, 6.07) is 11.1. The third-order valence-corrected chi connectivity index (χ3v) is 4.23. The van der Waals surface area contributed by atoms with Gasteiger partial charge in [0.2, 0.25) is 0 Å².